The molecular formula is C12H20N2O2. The van der Waals surface area contributed by atoms with Crippen LogP contribution in [0.15, 0.2) is 11.4 Å². The van der Waals surface area contributed by atoms with Crippen LogP contribution in [-0.4, -0.2) is 11.0 Å². The van der Waals surface area contributed by atoms with Crippen molar-refractivity contribution in [2.24, 2.45) is 0 Å². The van der Waals surface area contributed by atoms with Gasteiger partial charge < -0.3 is 5.32 Å². The Bertz CT molecular complexity index is 293. The fourth-order valence-corrected chi connectivity index (χ4v) is 2.74. The van der Waals surface area contributed by atoms with Crippen molar-refractivity contribution < 1.29 is 4.92 Å². The summed E-state index contributed by atoms with van der Waals surface area (Å²) >= 11 is 0. The quantitative estimate of drug-likeness (QED) is 0.592. The van der Waals surface area contributed by atoms with E-state index in [1.54, 1.807) is 0 Å². The number of nitrogens with one attached hydrogen (secondary N) is 1. The van der Waals surface area contributed by atoms with E-state index in [1.807, 2.05) is 0 Å². The monoisotopic (exact) mass is 224 g/mol. The van der Waals surface area contributed by atoms with Crippen molar-refractivity contribution in [1.82, 2.24) is 5.32 Å². The van der Waals surface area contributed by atoms with Crippen molar-refractivity contribution in [3.8, 4) is 0 Å². The van der Waals surface area contributed by atoms with E-state index in [0.717, 1.165) is 25.0 Å². The van der Waals surface area contributed by atoms with E-state index < -0.39 is 0 Å². The van der Waals surface area contributed by atoms with Gasteiger partial charge in [-0.15, -0.1) is 0 Å². The van der Waals surface area contributed by atoms with E-state index in [0.29, 0.717) is 18.2 Å². The molecule has 0 aromatic rings. The second-order valence-corrected chi connectivity index (χ2v) is 4.87. The fraction of sp³-hybridized carbons (Fsp3) is 0.833. The van der Waals surface area contributed by atoms with E-state index in [4.69, 9.17) is 0 Å². The number of hydrogen-bond donors (Lipinski definition) is 1. The van der Waals surface area contributed by atoms with Crippen LogP contribution in [0.3, 0.4) is 0 Å². The summed E-state index contributed by atoms with van der Waals surface area (Å²) in [7, 11) is 0. The maximum atomic E-state index is 10.9. The molecule has 0 unspecified atom stereocenters. The van der Waals surface area contributed by atoms with Crippen LogP contribution in [0.4, 0.5) is 0 Å². The smallest absolute Gasteiger partial charge is 0.264 e. The highest BCUT2D eigenvalue weighted by Crippen LogP contribution is 2.26. The Hall–Kier alpha value is -1.06. The molecule has 0 saturated heterocycles. The van der Waals surface area contributed by atoms with Crippen molar-refractivity contribution >= 4 is 0 Å². The maximum absolute atomic E-state index is 10.9. The highest BCUT2D eigenvalue weighted by molar-refractivity contribution is 5.10. The van der Waals surface area contributed by atoms with Gasteiger partial charge in [-0.2, -0.15) is 0 Å². The van der Waals surface area contributed by atoms with Gasteiger partial charge in [-0.25, -0.2) is 0 Å². The van der Waals surface area contributed by atoms with Gasteiger partial charge in [0.1, 0.15) is 0 Å². The molecule has 90 valence electrons. The number of rotatable bonds is 3. The van der Waals surface area contributed by atoms with Gasteiger partial charge in [0, 0.05) is 12.5 Å². The van der Waals surface area contributed by atoms with Crippen LogP contribution in [0.25, 0.3) is 0 Å². The highest BCUT2D eigenvalue weighted by Gasteiger charge is 2.24. The van der Waals surface area contributed by atoms with Crippen molar-refractivity contribution in [3.05, 3.63) is 21.5 Å². The zero-order valence-electron chi connectivity index (χ0n) is 9.71. The first kappa shape index (κ1) is 11.4. The largest absolute Gasteiger partial charge is 0.380 e. The van der Waals surface area contributed by atoms with Gasteiger partial charge in [0.2, 0.25) is 0 Å². The summed E-state index contributed by atoms with van der Waals surface area (Å²) in [4.78, 5) is 10.7. The summed E-state index contributed by atoms with van der Waals surface area (Å²) < 4.78 is 0. The molecule has 4 heteroatoms. The minimum Gasteiger partial charge on any atom is -0.380 e. The summed E-state index contributed by atoms with van der Waals surface area (Å²) in [6.45, 7) is 0. The molecular weight excluding hydrogens is 204 g/mol. The van der Waals surface area contributed by atoms with Crippen molar-refractivity contribution in [2.75, 3.05) is 0 Å². The van der Waals surface area contributed by atoms with Crippen LogP contribution in [-0.2, 0) is 0 Å². The lowest BCUT2D eigenvalue weighted by atomic mass is 9.93. The van der Waals surface area contributed by atoms with Gasteiger partial charge in [-0.3, -0.25) is 10.1 Å². The minimum absolute atomic E-state index is 0.190. The third kappa shape index (κ3) is 2.74. The van der Waals surface area contributed by atoms with Gasteiger partial charge in [0.25, 0.3) is 5.70 Å². The SMILES string of the molecule is O=[N+]([O-])C1=C(NC2CCCCC2)CCCC1. The van der Waals surface area contributed by atoms with Gasteiger partial charge in [-0.05, 0) is 32.1 Å². The van der Waals surface area contributed by atoms with Crippen molar-refractivity contribution in [3.63, 3.8) is 0 Å². The molecule has 2 aliphatic carbocycles. The summed E-state index contributed by atoms with van der Waals surface area (Å²) in [5.41, 5.74) is 1.36. The average molecular weight is 224 g/mol. The molecule has 0 bridgehead atoms. The lowest BCUT2D eigenvalue weighted by Crippen LogP contribution is -2.32. The molecule has 0 aromatic carbocycles. The van der Waals surface area contributed by atoms with Crippen LogP contribution in [0.1, 0.15) is 57.8 Å². The predicted octanol–water partition coefficient (Wildman–Crippen LogP) is 2.97. The number of allylic oxidation sites excluding steroid dienone is 2. The molecule has 1 N–H and O–H groups in total. The Morgan fingerprint density at radius 2 is 1.75 bits per heavy atom. The Morgan fingerprint density at radius 1 is 1.06 bits per heavy atom. The standard InChI is InChI=1S/C12H20N2O2/c15-14(16)12-9-5-4-8-11(12)13-10-6-2-1-3-7-10/h10,13H,1-9H2. The molecule has 0 atom stereocenters. The molecule has 0 amide bonds. The fourth-order valence-electron chi connectivity index (χ4n) is 2.74. The van der Waals surface area contributed by atoms with Gasteiger partial charge in [-0.1, -0.05) is 19.3 Å². The van der Waals surface area contributed by atoms with E-state index in [2.05, 4.69) is 5.32 Å². The first-order chi connectivity index (χ1) is 7.77. The predicted molar refractivity (Wildman–Crippen MR) is 62.5 cm³/mol. The van der Waals surface area contributed by atoms with Crippen LogP contribution in [0, 0.1) is 10.1 Å². The zero-order valence-corrected chi connectivity index (χ0v) is 9.71. The summed E-state index contributed by atoms with van der Waals surface area (Å²) in [6.07, 6.45) is 9.76. The third-order valence-electron chi connectivity index (χ3n) is 3.64. The molecule has 2 aliphatic rings. The molecule has 0 heterocycles. The van der Waals surface area contributed by atoms with E-state index >= 15 is 0 Å². The molecule has 2 rings (SSSR count). The Kier molecular flexibility index (Phi) is 3.80. The lowest BCUT2D eigenvalue weighted by Gasteiger charge is -2.26. The molecule has 0 aliphatic heterocycles. The topological polar surface area (TPSA) is 55.2 Å². The maximum Gasteiger partial charge on any atom is 0.264 e. The zero-order chi connectivity index (χ0) is 11.4. The van der Waals surface area contributed by atoms with Crippen molar-refractivity contribution in [1.29, 1.82) is 0 Å². The molecule has 1 saturated carbocycles. The summed E-state index contributed by atoms with van der Waals surface area (Å²) in [6, 6.07) is 0.483. The van der Waals surface area contributed by atoms with Crippen LogP contribution in [0.5, 0.6) is 0 Å². The molecule has 0 aromatic heterocycles. The molecule has 1 fully saturated rings. The lowest BCUT2D eigenvalue weighted by molar-refractivity contribution is -0.430. The van der Waals surface area contributed by atoms with Crippen LogP contribution in [0.2, 0.25) is 0 Å². The molecule has 4 nitrogen and oxygen atoms in total. The molecule has 0 spiro atoms. The second-order valence-electron chi connectivity index (χ2n) is 4.87. The highest BCUT2D eigenvalue weighted by atomic mass is 16.6. The first-order valence-corrected chi connectivity index (χ1v) is 6.40. The van der Waals surface area contributed by atoms with Gasteiger partial charge >= 0.3 is 0 Å². The van der Waals surface area contributed by atoms with E-state index in [1.165, 1.54) is 32.1 Å². The van der Waals surface area contributed by atoms with Crippen LogP contribution >= 0.6 is 0 Å². The van der Waals surface area contributed by atoms with E-state index in [-0.39, 0.29) is 4.92 Å². The normalized spacial score (nSPS) is 23.2. The Morgan fingerprint density at radius 3 is 2.44 bits per heavy atom. The number of nitro groups is 1. The third-order valence-corrected chi connectivity index (χ3v) is 3.64. The second kappa shape index (κ2) is 5.32. The first-order valence-electron chi connectivity index (χ1n) is 6.40. The summed E-state index contributed by atoms with van der Waals surface area (Å²) in [5, 5.41) is 14.3. The Balaban J connectivity index is 2.01. The molecule has 0 radical (unpaired) electrons. The summed E-state index contributed by atoms with van der Waals surface area (Å²) in [5.74, 6) is 0. The number of hydrogen-bond acceptors (Lipinski definition) is 3. The van der Waals surface area contributed by atoms with Gasteiger partial charge in [0.05, 0.1) is 10.6 Å². The Labute approximate surface area is 96.3 Å². The van der Waals surface area contributed by atoms with E-state index in [9.17, 15) is 10.1 Å². The minimum atomic E-state index is -0.190. The number of nitrogens with zero attached hydrogens (tertiary/aromatic N) is 1. The molecule has 16 heavy (non-hydrogen) atoms. The van der Waals surface area contributed by atoms with Crippen LogP contribution < -0.4 is 5.32 Å². The van der Waals surface area contributed by atoms with Crippen molar-refractivity contribution in [2.45, 2.75) is 63.8 Å². The van der Waals surface area contributed by atoms with Gasteiger partial charge in [0.15, 0.2) is 0 Å². The average Bonchev–Trinajstić information content (AvgIpc) is 2.31.